The molecule has 27 heavy (non-hydrogen) atoms. The van der Waals surface area contributed by atoms with E-state index in [9.17, 15) is 4.79 Å². The van der Waals surface area contributed by atoms with Crippen LogP contribution in [0.2, 0.25) is 0 Å². The largest absolute Gasteiger partial charge is 0.311 e. The number of rotatable bonds is 4. The molecule has 0 bridgehead atoms. The minimum absolute atomic E-state index is 0.213. The Hall–Kier alpha value is -1.86. The highest BCUT2D eigenvalue weighted by atomic mass is 32.2. The van der Waals surface area contributed by atoms with Crippen LogP contribution in [0.5, 0.6) is 0 Å². The van der Waals surface area contributed by atoms with Gasteiger partial charge in [0.2, 0.25) is 5.91 Å². The van der Waals surface area contributed by atoms with Gasteiger partial charge in [0.1, 0.15) is 5.82 Å². The van der Waals surface area contributed by atoms with Crippen LogP contribution in [0.15, 0.2) is 29.4 Å². The van der Waals surface area contributed by atoms with Crippen molar-refractivity contribution in [1.82, 2.24) is 19.7 Å². The zero-order chi connectivity index (χ0) is 18.8. The molecule has 0 saturated carbocycles. The number of hydrogen-bond donors (Lipinski definition) is 0. The van der Waals surface area contributed by atoms with E-state index >= 15 is 0 Å². The van der Waals surface area contributed by atoms with Gasteiger partial charge in [0.15, 0.2) is 5.16 Å². The number of piperidine rings is 1. The maximum atomic E-state index is 13.0. The predicted octanol–water partition coefficient (Wildman–Crippen LogP) is 2.70. The van der Waals surface area contributed by atoms with Crippen molar-refractivity contribution in [3.63, 3.8) is 0 Å². The summed E-state index contributed by atoms with van der Waals surface area (Å²) in [5.74, 6) is 1.60. The van der Waals surface area contributed by atoms with Gasteiger partial charge >= 0.3 is 0 Å². The third-order valence-corrected chi connectivity index (χ3v) is 6.41. The number of amides is 1. The number of likely N-dealkylation sites (tertiary alicyclic amines) is 1. The minimum Gasteiger partial charge on any atom is -0.311 e. The summed E-state index contributed by atoms with van der Waals surface area (Å²) in [5.41, 5.74) is 2.39. The molecule has 1 amide bonds. The molecule has 144 valence electrons. The number of aromatic nitrogens is 3. The summed E-state index contributed by atoms with van der Waals surface area (Å²) < 4.78 is 2.10. The van der Waals surface area contributed by atoms with Crippen LogP contribution < -0.4 is 4.90 Å². The highest BCUT2D eigenvalue weighted by Gasteiger charge is 2.29. The Labute approximate surface area is 164 Å². The van der Waals surface area contributed by atoms with E-state index in [1.165, 1.54) is 5.56 Å². The molecular weight excluding hydrogens is 358 g/mol. The Morgan fingerprint density at radius 2 is 2.07 bits per heavy atom. The molecule has 0 spiro atoms. The zero-order valence-corrected chi connectivity index (χ0v) is 16.9. The van der Waals surface area contributed by atoms with Gasteiger partial charge in [-0.2, -0.15) is 0 Å². The fraction of sp³-hybridized carbons (Fsp3) is 0.550. The first-order chi connectivity index (χ1) is 13.2. The Kier molecular flexibility index (Phi) is 5.50. The van der Waals surface area contributed by atoms with Crippen LogP contribution in [-0.4, -0.2) is 58.0 Å². The maximum Gasteiger partial charge on any atom is 0.241 e. The maximum absolute atomic E-state index is 13.0. The van der Waals surface area contributed by atoms with Crippen LogP contribution in [0, 0.1) is 0 Å². The molecule has 2 aromatic rings. The third kappa shape index (κ3) is 3.75. The van der Waals surface area contributed by atoms with E-state index in [1.54, 1.807) is 11.8 Å². The molecular formula is C20H27N5OS. The third-order valence-electron chi connectivity index (χ3n) is 5.69. The summed E-state index contributed by atoms with van der Waals surface area (Å²) in [6.45, 7) is 3.16. The van der Waals surface area contributed by atoms with E-state index < -0.39 is 0 Å². The summed E-state index contributed by atoms with van der Waals surface area (Å²) in [6.07, 6.45) is 6.33. The molecule has 2 aliphatic heterocycles. The zero-order valence-electron chi connectivity index (χ0n) is 16.1. The van der Waals surface area contributed by atoms with E-state index in [1.807, 2.05) is 24.3 Å². The summed E-state index contributed by atoms with van der Waals surface area (Å²) in [6, 6.07) is 8.31. The second kappa shape index (κ2) is 8.02. The Balaban J connectivity index is 1.44. The van der Waals surface area contributed by atoms with Crippen molar-refractivity contribution in [3.05, 3.63) is 35.7 Å². The normalized spacial score (nSPS) is 20.5. The van der Waals surface area contributed by atoms with Gasteiger partial charge in [-0.15, -0.1) is 10.2 Å². The second-order valence-electron chi connectivity index (χ2n) is 7.46. The topological polar surface area (TPSA) is 54.3 Å². The highest BCUT2D eigenvalue weighted by Crippen LogP contribution is 2.29. The molecule has 0 radical (unpaired) electrons. The lowest BCUT2D eigenvalue weighted by molar-refractivity contribution is -0.120. The Morgan fingerprint density at radius 3 is 2.89 bits per heavy atom. The lowest BCUT2D eigenvalue weighted by Gasteiger charge is -2.35. The van der Waals surface area contributed by atoms with Crippen LogP contribution in [-0.2, 0) is 18.3 Å². The molecule has 0 unspecified atom stereocenters. The molecule has 6 nitrogen and oxygen atoms in total. The van der Waals surface area contributed by atoms with Crippen LogP contribution in [0.3, 0.4) is 0 Å². The molecule has 4 rings (SSSR count). The average molecular weight is 386 g/mol. The van der Waals surface area contributed by atoms with Gasteiger partial charge in [0, 0.05) is 31.7 Å². The van der Waals surface area contributed by atoms with Crippen molar-refractivity contribution in [3.8, 4) is 0 Å². The molecule has 7 heteroatoms. The first kappa shape index (κ1) is 18.5. The van der Waals surface area contributed by atoms with Crippen LogP contribution in [0.25, 0.3) is 0 Å². The van der Waals surface area contributed by atoms with Crippen molar-refractivity contribution < 1.29 is 4.79 Å². The van der Waals surface area contributed by atoms with Gasteiger partial charge in [-0.25, -0.2) is 0 Å². The number of thioether (sulfide) groups is 1. The van der Waals surface area contributed by atoms with Gasteiger partial charge < -0.3 is 9.47 Å². The summed E-state index contributed by atoms with van der Waals surface area (Å²) >= 11 is 1.62. The quantitative estimate of drug-likeness (QED) is 0.758. The van der Waals surface area contributed by atoms with Gasteiger partial charge in [-0.1, -0.05) is 30.0 Å². The van der Waals surface area contributed by atoms with Gasteiger partial charge in [-0.3, -0.25) is 9.69 Å². The van der Waals surface area contributed by atoms with E-state index in [0.717, 1.165) is 62.0 Å². The van der Waals surface area contributed by atoms with Crippen molar-refractivity contribution in [2.24, 2.45) is 7.05 Å². The summed E-state index contributed by atoms with van der Waals surface area (Å²) in [5, 5.41) is 9.64. The lowest BCUT2D eigenvalue weighted by Crippen LogP contribution is -2.45. The molecule has 1 aromatic carbocycles. The number of para-hydroxylation sites is 1. The van der Waals surface area contributed by atoms with Crippen molar-refractivity contribution in [1.29, 1.82) is 0 Å². The van der Waals surface area contributed by atoms with E-state index in [-0.39, 0.29) is 5.91 Å². The Bertz CT molecular complexity index is 820. The monoisotopic (exact) mass is 385 g/mol. The standard InChI is InChI=1S/C20H27N5OS/c1-23-19(21-22-20(23)27-2)16-9-5-11-24(13-16)14-18(26)25-12-6-8-15-7-3-4-10-17(15)25/h3-4,7,10,16H,5-6,8-9,11-14H2,1-2H3/t16-/m0/s1. The molecule has 0 N–H and O–H groups in total. The summed E-state index contributed by atoms with van der Waals surface area (Å²) in [7, 11) is 2.04. The number of benzene rings is 1. The fourth-order valence-electron chi connectivity index (χ4n) is 4.34. The van der Waals surface area contributed by atoms with Crippen LogP contribution in [0.4, 0.5) is 5.69 Å². The van der Waals surface area contributed by atoms with E-state index in [4.69, 9.17) is 0 Å². The smallest absolute Gasteiger partial charge is 0.241 e. The van der Waals surface area contributed by atoms with E-state index in [2.05, 4.69) is 37.9 Å². The van der Waals surface area contributed by atoms with Crippen LogP contribution >= 0.6 is 11.8 Å². The second-order valence-corrected chi connectivity index (χ2v) is 8.23. The average Bonchev–Trinajstić information content (AvgIpc) is 3.08. The van der Waals surface area contributed by atoms with Gasteiger partial charge in [0.25, 0.3) is 0 Å². The minimum atomic E-state index is 0.213. The lowest BCUT2D eigenvalue weighted by atomic mass is 9.97. The molecule has 2 aliphatic rings. The first-order valence-corrected chi connectivity index (χ1v) is 10.9. The summed E-state index contributed by atoms with van der Waals surface area (Å²) in [4.78, 5) is 17.3. The van der Waals surface area contributed by atoms with Crippen LogP contribution in [0.1, 0.15) is 36.6 Å². The highest BCUT2D eigenvalue weighted by molar-refractivity contribution is 7.98. The molecule has 0 aliphatic carbocycles. The van der Waals surface area contributed by atoms with Crippen molar-refractivity contribution in [2.45, 2.75) is 36.8 Å². The first-order valence-electron chi connectivity index (χ1n) is 9.71. The molecule has 1 aromatic heterocycles. The SMILES string of the molecule is CSc1nnc([C@H]2CCCN(CC(=O)N3CCCc4ccccc43)C2)n1C. The molecule has 1 saturated heterocycles. The number of aryl methyl sites for hydroxylation is 1. The van der Waals surface area contributed by atoms with Gasteiger partial charge in [-0.05, 0) is 50.1 Å². The fourth-order valence-corrected chi connectivity index (χ4v) is 4.83. The van der Waals surface area contributed by atoms with Crippen molar-refractivity contribution >= 4 is 23.4 Å². The molecule has 1 fully saturated rings. The van der Waals surface area contributed by atoms with Crippen molar-refractivity contribution in [2.75, 3.05) is 37.3 Å². The Morgan fingerprint density at radius 1 is 1.22 bits per heavy atom. The number of anilines is 1. The van der Waals surface area contributed by atoms with E-state index in [0.29, 0.717) is 12.5 Å². The number of nitrogens with zero attached hydrogens (tertiary/aromatic N) is 5. The predicted molar refractivity (Wildman–Crippen MR) is 108 cm³/mol. The number of carbonyl (C=O) groups excluding carboxylic acids is 1. The number of hydrogen-bond acceptors (Lipinski definition) is 5. The number of fused-ring (bicyclic) bond motifs is 1. The molecule has 3 heterocycles. The van der Waals surface area contributed by atoms with Gasteiger partial charge in [0.05, 0.1) is 6.54 Å². The number of carbonyl (C=O) groups is 1. The molecule has 1 atom stereocenters.